The van der Waals surface area contributed by atoms with Gasteiger partial charge in [-0.1, -0.05) is 0 Å². The molecular formula is C12H14F3N. The summed E-state index contributed by atoms with van der Waals surface area (Å²) in [5.74, 6) is -1.31. The smallest absolute Gasteiger partial charge is 0.140 e. The van der Waals surface area contributed by atoms with E-state index in [1.54, 1.807) is 0 Å². The lowest BCUT2D eigenvalue weighted by molar-refractivity contribution is 0.0900. The summed E-state index contributed by atoms with van der Waals surface area (Å²) >= 11 is 0. The molecule has 2 N–H and O–H groups in total. The van der Waals surface area contributed by atoms with Gasteiger partial charge in [0, 0.05) is 18.0 Å². The van der Waals surface area contributed by atoms with Gasteiger partial charge < -0.3 is 5.73 Å². The molecule has 0 spiro atoms. The number of hydrogen-bond acceptors (Lipinski definition) is 1. The normalized spacial score (nSPS) is 30.4. The van der Waals surface area contributed by atoms with Gasteiger partial charge in [-0.2, -0.15) is 0 Å². The minimum absolute atomic E-state index is 0.0629. The van der Waals surface area contributed by atoms with Gasteiger partial charge in [0.1, 0.15) is 17.3 Å². The first-order valence-electron chi connectivity index (χ1n) is 5.41. The first-order chi connectivity index (χ1) is 7.51. The van der Waals surface area contributed by atoms with Crippen LogP contribution < -0.4 is 5.73 Å². The maximum atomic E-state index is 14.5. The Hall–Kier alpha value is -1.03. The fourth-order valence-corrected chi connectivity index (χ4v) is 2.35. The molecule has 1 aromatic carbocycles. The van der Waals surface area contributed by atoms with Crippen molar-refractivity contribution in [3.05, 3.63) is 35.4 Å². The highest BCUT2D eigenvalue weighted by Crippen LogP contribution is 2.41. The van der Waals surface area contributed by atoms with Crippen LogP contribution in [0.2, 0.25) is 0 Å². The Kier molecular flexibility index (Phi) is 2.93. The van der Waals surface area contributed by atoms with Crippen LogP contribution in [0.15, 0.2) is 18.2 Å². The van der Waals surface area contributed by atoms with Crippen LogP contribution in [0.3, 0.4) is 0 Å². The van der Waals surface area contributed by atoms with Gasteiger partial charge in [-0.25, -0.2) is 13.2 Å². The Labute approximate surface area is 92.5 Å². The minimum Gasteiger partial charge on any atom is -0.328 e. The van der Waals surface area contributed by atoms with E-state index in [0.717, 1.165) is 24.6 Å². The topological polar surface area (TPSA) is 26.0 Å². The number of alkyl halides is 1. The Morgan fingerprint density at radius 3 is 2.75 bits per heavy atom. The predicted molar refractivity (Wildman–Crippen MR) is 55.6 cm³/mol. The number of hydrogen-bond donors (Lipinski definition) is 1. The second kappa shape index (κ2) is 4.09. The van der Waals surface area contributed by atoms with Gasteiger partial charge in [-0.3, -0.25) is 0 Å². The van der Waals surface area contributed by atoms with Crippen molar-refractivity contribution in [1.29, 1.82) is 0 Å². The van der Waals surface area contributed by atoms with Gasteiger partial charge >= 0.3 is 0 Å². The molecule has 1 aromatic rings. The van der Waals surface area contributed by atoms with Crippen LogP contribution in [-0.2, 0) is 5.67 Å². The van der Waals surface area contributed by atoms with E-state index in [9.17, 15) is 13.2 Å². The third kappa shape index (κ3) is 2.07. The summed E-state index contributed by atoms with van der Waals surface area (Å²) in [6.45, 7) is 0. The van der Waals surface area contributed by atoms with Crippen molar-refractivity contribution in [3.63, 3.8) is 0 Å². The molecule has 1 aliphatic carbocycles. The van der Waals surface area contributed by atoms with Crippen LogP contribution in [0.4, 0.5) is 13.2 Å². The molecule has 1 nitrogen and oxygen atoms in total. The SMILES string of the molecule is NC1CCCC(F)(c2cc(F)ccc2F)C1. The van der Waals surface area contributed by atoms with E-state index in [2.05, 4.69) is 0 Å². The zero-order valence-corrected chi connectivity index (χ0v) is 8.85. The van der Waals surface area contributed by atoms with Crippen molar-refractivity contribution in [1.82, 2.24) is 0 Å². The highest BCUT2D eigenvalue weighted by molar-refractivity contribution is 5.26. The van der Waals surface area contributed by atoms with Crippen molar-refractivity contribution in [2.45, 2.75) is 37.4 Å². The molecule has 0 bridgehead atoms. The van der Waals surface area contributed by atoms with Crippen LogP contribution in [-0.4, -0.2) is 6.04 Å². The third-order valence-corrected chi connectivity index (χ3v) is 3.14. The van der Waals surface area contributed by atoms with Crippen molar-refractivity contribution >= 4 is 0 Å². The summed E-state index contributed by atoms with van der Waals surface area (Å²) in [5, 5.41) is 0. The first kappa shape index (κ1) is 11.5. The number of halogens is 3. The monoisotopic (exact) mass is 229 g/mol. The van der Waals surface area contributed by atoms with Crippen LogP contribution >= 0.6 is 0 Å². The summed E-state index contributed by atoms with van der Waals surface area (Å²) in [6.07, 6.45) is 1.62. The number of nitrogens with two attached hydrogens (primary N) is 1. The molecule has 1 saturated carbocycles. The lowest BCUT2D eigenvalue weighted by Crippen LogP contribution is -2.36. The Morgan fingerprint density at radius 2 is 2.06 bits per heavy atom. The van der Waals surface area contributed by atoms with E-state index in [1.807, 2.05) is 0 Å². The predicted octanol–water partition coefficient (Wildman–Crippen LogP) is 3.03. The Bertz CT molecular complexity index is 394. The molecule has 1 aliphatic rings. The molecule has 16 heavy (non-hydrogen) atoms. The molecule has 0 heterocycles. The summed E-state index contributed by atoms with van der Waals surface area (Å²) in [7, 11) is 0. The van der Waals surface area contributed by atoms with Crippen molar-refractivity contribution in [3.8, 4) is 0 Å². The van der Waals surface area contributed by atoms with Crippen molar-refractivity contribution < 1.29 is 13.2 Å². The van der Waals surface area contributed by atoms with Crippen molar-refractivity contribution in [2.24, 2.45) is 5.73 Å². The van der Waals surface area contributed by atoms with Crippen LogP contribution in [0.1, 0.15) is 31.2 Å². The van der Waals surface area contributed by atoms with E-state index in [-0.39, 0.29) is 24.4 Å². The molecule has 0 radical (unpaired) electrons. The van der Waals surface area contributed by atoms with Gasteiger partial charge in [-0.15, -0.1) is 0 Å². The van der Waals surface area contributed by atoms with Gasteiger partial charge in [0.15, 0.2) is 0 Å². The summed E-state index contributed by atoms with van der Waals surface area (Å²) in [4.78, 5) is 0. The lowest BCUT2D eigenvalue weighted by atomic mass is 9.79. The standard InChI is InChI=1S/C12H14F3N/c13-8-3-4-11(14)10(6-8)12(15)5-1-2-9(16)7-12/h3-4,6,9H,1-2,5,7,16H2. The van der Waals surface area contributed by atoms with E-state index >= 15 is 0 Å². The zero-order chi connectivity index (χ0) is 11.8. The average molecular weight is 229 g/mol. The van der Waals surface area contributed by atoms with E-state index in [0.29, 0.717) is 6.42 Å². The molecule has 2 rings (SSSR count). The van der Waals surface area contributed by atoms with Crippen LogP contribution in [0.25, 0.3) is 0 Å². The third-order valence-electron chi connectivity index (χ3n) is 3.14. The Morgan fingerprint density at radius 1 is 1.31 bits per heavy atom. The van der Waals surface area contributed by atoms with Crippen LogP contribution in [0.5, 0.6) is 0 Å². The molecule has 88 valence electrons. The van der Waals surface area contributed by atoms with Gasteiger partial charge in [0.05, 0.1) is 0 Å². The summed E-state index contributed by atoms with van der Waals surface area (Å²) in [6, 6.07) is 2.62. The molecule has 0 aromatic heterocycles. The summed E-state index contributed by atoms with van der Waals surface area (Å²) in [5.41, 5.74) is 3.67. The Balaban J connectivity index is 2.37. The fraction of sp³-hybridized carbons (Fsp3) is 0.500. The van der Waals surface area contributed by atoms with Gasteiger partial charge in [0.25, 0.3) is 0 Å². The lowest BCUT2D eigenvalue weighted by Gasteiger charge is -2.33. The van der Waals surface area contributed by atoms with Gasteiger partial charge in [-0.05, 0) is 37.5 Å². The van der Waals surface area contributed by atoms with Gasteiger partial charge in [0.2, 0.25) is 0 Å². The van der Waals surface area contributed by atoms with E-state index < -0.39 is 17.3 Å². The highest BCUT2D eigenvalue weighted by Gasteiger charge is 2.39. The molecule has 0 aliphatic heterocycles. The quantitative estimate of drug-likeness (QED) is 0.787. The summed E-state index contributed by atoms with van der Waals surface area (Å²) < 4.78 is 41.0. The molecule has 2 atom stereocenters. The molecule has 4 heteroatoms. The second-order valence-corrected chi connectivity index (χ2v) is 4.45. The molecule has 1 fully saturated rings. The largest absolute Gasteiger partial charge is 0.328 e. The number of benzene rings is 1. The fourth-order valence-electron chi connectivity index (χ4n) is 2.35. The van der Waals surface area contributed by atoms with Crippen molar-refractivity contribution in [2.75, 3.05) is 0 Å². The maximum Gasteiger partial charge on any atom is 0.140 e. The molecule has 2 unspecified atom stereocenters. The van der Waals surface area contributed by atoms with E-state index in [1.165, 1.54) is 0 Å². The molecular weight excluding hydrogens is 215 g/mol. The molecule has 0 amide bonds. The molecule has 0 saturated heterocycles. The highest BCUT2D eigenvalue weighted by atomic mass is 19.2. The first-order valence-corrected chi connectivity index (χ1v) is 5.41. The second-order valence-electron chi connectivity index (χ2n) is 4.45. The number of rotatable bonds is 1. The maximum absolute atomic E-state index is 14.5. The van der Waals surface area contributed by atoms with E-state index in [4.69, 9.17) is 5.73 Å². The average Bonchev–Trinajstić information content (AvgIpc) is 2.21. The van der Waals surface area contributed by atoms with Crippen LogP contribution in [0, 0.1) is 11.6 Å². The zero-order valence-electron chi connectivity index (χ0n) is 8.85. The minimum atomic E-state index is -1.82.